The van der Waals surface area contributed by atoms with Crippen molar-refractivity contribution in [2.24, 2.45) is 11.1 Å². The lowest BCUT2D eigenvalue weighted by molar-refractivity contribution is -0.130. The molecular weight excluding hydrogens is 232 g/mol. The molecule has 0 aliphatic carbocycles. The summed E-state index contributed by atoms with van der Waals surface area (Å²) >= 11 is 0. The van der Waals surface area contributed by atoms with Crippen LogP contribution in [-0.2, 0) is 16.1 Å². The number of hydrogen-bond acceptors (Lipinski definition) is 4. The Labute approximate surface area is 106 Å². The highest BCUT2D eigenvalue weighted by Gasteiger charge is 2.44. The standard InChI is InChI=1S/C13H18N2O3/c1-13(8-18-7-11(13)14)12(17)15-6-9-4-2-3-5-10(9)16/h2-5,11,16H,6-8,14H2,1H3,(H,15,17). The molecule has 1 aliphatic rings. The van der Waals surface area contributed by atoms with E-state index in [1.54, 1.807) is 25.1 Å². The number of ether oxygens (including phenoxy) is 1. The van der Waals surface area contributed by atoms with Crippen LogP contribution in [0.15, 0.2) is 24.3 Å². The zero-order valence-electron chi connectivity index (χ0n) is 10.3. The lowest BCUT2D eigenvalue weighted by Crippen LogP contribution is -2.49. The van der Waals surface area contributed by atoms with Gasteiger partial charge in [0.15, 0.2) is 0 Å². The van der Waals surface area contributed by atoms with Gasteiger partial charge in [-0.25, -0.2) is 0 Å². The summed E-state index contributed by atoms with van der Waals surface area (Å²) in [5.74, 6) is 0.0330. The fourth-order valence-corrected chi connectivity index (χ4v) is 1.96. The summed E-state index contributed by atoms with van der Waals surface area (Å²) in [5.41, 5.74) is 5.87. The summed E-state index contributed by atoms with van der Waals surface area (Å²) in [7, 11) is 0. The molecule has 1 aromatic rings. The van der Waals surface area contributed by atoms with Crippen molar-refractivity contribution in [2.45, 2.75) is 19.5 Å². The molecule has 1 saturated heterocycles. The monoisotopic (exact) mass is 250 g/mol. The van der Waals surface area contributed by atoms with Gasteiger partial charge < -0.3 is 20.9 Å². The molecule has 1 amide bonds. The van der Waals surface area contributed by atoms with Crippen LogP contribution in [0.1, 0.15) is 12.5 Å². The van der Waals surface area contributed by atoms with Crippen molar-refractivity contribution in [3.8, 4) is 5.75 Å². The number of aromatic hydroxyl groups is 1. The van der Waals surface area contributed by atoms with Gasteiger partial charge in [0.2, 0.25) is 5.91 Å². The number of benzene rings is 1. The number of carbonyl (C=O) groups excluding carboxylic acids is 1. The SMILES string of the molecule is CC1(C(=O)NCc2ccccc2O)COCC1N. The van der Waals surface area contributed by atoms with Crippen LogP contribution in [0.25, 0.3) is 0 Å². The maximum Gasteiger partial charge on any atom is 0.230 e. The molecule has 0 saturated carbocycles. The highest BCUT2D eigenvalue weighted by molar-refractivity contribution is 5.83. The predicted molar refractivity (Wildman–Crippen MR) is 66.9 cm³/mol. The third-order valence-electron chi connectivity index (χ3n) is 3.47. The quantitative estimate of drug-likeness (QED) is 0.723. The van der Waals surface area contributed by atoms with E-state index in [1.807, 2.05) is 6.07 Å². The molecule has 2 atom stereocenters. The zero-order chi connectivity index (χ0) is 13.2. The highest BCUT2D eigenvalue weighted by Crippen LogP contribution is 2.27. The summed E-state index contributed by atoms with van der Waals surface area (Å²) < 4.78 is 5.23. The molecule has 0 bridgehead atoms. The van der Waals surface area contributed by atoms with Crippen LogP contribution in [-0.4, -0.2) is 30.3 Å². The molecule has 5 heteroatoms. The van der Waals surface area contributed by atoms with Gasteiger partial charge in [0.25, 0.3) is 0 Å². The minimum Gasteiger partial charge on any atom is -0.508 e. The van der Waals surface area contributed by atoms with Crippen LogP contribution >= 0.6 is 0 Å². The van der Waals surface area contributed by atoms with E-state index in [1.165, 1.54) is 0 Å². The molecule has 98 valence electrons. The third kappa shape index (κ3) is 2.32. The Kier molecular flexibility index (Phi) is 3.54. The van der Waals surface area contributed by atoms with Crippen LogP contribution in [0.2, 0.25) is 0 Å². The van der Waals surface area contributed by atoms with Gasteiger partial charge >= 0.3 is 0 Å². The fourth-order valence-electron chi connectivity index (χ4n) is 1.96. The largest absolute Gasteiger partial charge is 0.508 e. The molecule has 2 unspecified atom stereocenters. The van der Waals surface area contributed by atoms with E-state index in [0.717, 1.165) is 0 Å². The lowest BCUT2D eigenvalue weighted by Gasteiger charge is -2.25. The van der Waals surface area contributed by atoms with E-state index >= 15 is 0 Å². The van der Waals surface area contributed by atoms with E-state index in [2.05, 4.69) is 5.32 Å². The number of carbonyl (C=O) groups is 1. The Hall–Kier alpha value is -1.59. The number of phenols is 1. The minimum absolute atomic E-state index is 0.143. The van der Waals surface area contributed by atoms with Gasteiger partial charge in [-0.3, -0.25) is 4.79 Å². The zero-order valence-corrected chi connectivity index (χ0v) is 10.3. The first-order valence-electron chi connectivity index (χ1n) is 5.92. The number of para-hydroxylation sites is 1. The minimum atomic E-state index is -0.690. The molecule has 0 aromatic heterocycles. The second-order valence-electron chi connectivity index (χ2n) is 4.85. The maximum absolute atomic E-state index is 12.1. The smallest absolute Gasteiger partial charge is 0.230 e. The average molecular weight is 250 g/mol. The number of hydrogen-bond donors (Lipinski definition) is 3. The van der Waals surface area contributed by atoms with Gasteiger partial charge in [0.05, 0.1) is 18.6 Å². The molecule has 2 rings (SSSR count). The van der Waals surface area contributed by atoms with Crippen LogP contribution in [0.5, 0.6) is 5.75 Å². The Morgan fingerprint density at radius 1 is 1.61 bits per heavy atom. The number of rotatable bonds is 3. The number of nitrogens with one attached hydrogen (secondary N) is 1. The van der Waals surface area contributed by atoms with Crippen molar-refractivity contribution < 1.29 is 14.6 Å². The first-order valence-corrected chi connectivity index (χ1v) is 5.92. The van der Waals surface area contributed by atoms with Crippen LogP contribution in [0, 0.1) is 5.41 Å². The first-order chi connectivity index (χ1) is 8.54. The highest BCUT2D eigenvalue weighted by atomic mass is 16.5. The van der Waals surface area contributed by atoms with Gasteiger partial charge in [0, 0.05) is 18.2 Å². The Morgan fingerprint density at radius 3 is 2.94 bits per heavy atom. The molecular formula is C13H18N2O3. The molecule has 1 aliphatic heterocycles. The van der Waals surface area contributed by atoms with Gasteiger partial charge in [0.1, 0.15) is 5.75 Å². The van der Waals surface area contributed by atoms with E-state index in [-0.39, 0.29) is 24.2 Å². The molecule has 1 heterocycles. The van der Waals surface area contributed by atoms with Gasteiger partial charge in [-0.05, 0) is 13.0 Å². The van der Waals surface area contributed by atoms with Crippen molar-refractivity contribution in [3.05, 3.63) is 29.8 Å². The molecule has 1 aromatic carbocycles. The van der Waals surface area contributed by atoms with E-state index in [9.17, 15) is 9.90 Å². The van der Waals surface area contributed by atoms with Gasteiger partial charge in [-0.1, -0.05) is 18.2 Å². The summed E-state index contributed by atoms with van der Waals surface area (Å²) in [5, 5.41) is 12.4. The molecule has 5 nitrogen and oxygen atoms in total. The summed E-state index contributed by atoms with van der Waals surface area (Å²) in [4.78, 5) is 12.1. The number of nitrogens with two attached hydrogens (primary N) is 1. The summed E-state index contributed by atoms with van der Waals surface area (Å²) in [6.45, 7) is 2.82. The fraction of sp³-hybridized carbons (Fsp3) is 0.462. The lowest BCUT2D eigenvalue weighted by atomic mass is 9.85. The molecule has 18 heavy (non-hydrogen) atoms. The van der Waals surface area contributed by atoms with Crippen molar-refractivity contribution in [3.63, 3.8) is 0 Å². The number of amides is 1. The average Bonchev–Trinajstić information content (AvgIpc) is 2.69. The predicted octanol–water partition coefficient (Wildman–Crippen LogP) is 0.372. The second kappa shape index (κ2) is 4.96. The van der Waals surface area contributed by atoms with E-state index < -0.39 is 5.41 Å². The second-order valence-corrected chi connectivity index (χ2v) is 4.85. The maximum atomic E-state index is 12.1. The topological polar surface area (TPSA) is 84.6 Å². The Balaban J connectivity index is 1.99. The number of phenolic OH excluding ortho intramolecular Hbond substituents is 1. The van der Waals surface area contributed by atoms with Crippen molar-refractivity contribution in [2.75, 3.05) is 13.2 Å². The van der Waals surface area contributed by atoms with Crippen LogP contribution < -0.4 is 11.1 Å². The van der Waals surface area contributed by atoms with E-state index in [0.29, 0.717) is 18.8 Å². The normalized spacial score (nSPS) is 27.1. The third-order valence-corrected chi connectivity index (χ3v) is 3.47. The van der Waals surface area contributed by atoms with Crippen LogP contribution in [0.4, 0.5) is 0 Å². The van der Waals surface area contributed by atoms with E-state index in [4.69, 9.17) is 10.5 Å². The van der Waals surface area contributed by atoms with Crippen molar-refractivity contribution in [1.29, 1.82) is 0 Å². The van der Waals surface area contributed by atoms with Crippen molar-refractivity contribution in [1.82, 2.24) is 5.32 Å². The van der Waals surface area contributed by atoms with Crippen LogP contribution in [0.3, 0.4) is 0 Å². The molecule has 0 radical (unpaired) electrons. The first kappa shape index (κ1) is 12.9. The van der Waals surface area contributed by atoms with Crippen molar-refractivity contribution >= 4 is 5.91 Å². The molecule has 4 N–H and O–H groups in total. The Bertz CT molecular complexity index is 450. The summed E-state index contributed by atoms with van der Waals surface area (Å²) in [6.07, 6.45) is 0. The Morgan fingerprint density at radius 2 is 2.33 bits per heavy atom. The van der Waals surface area contributed by atoms with Gasteiger partial charge in [-0.2, -0.15) is 0 Å². The van der Waals surface area contributed by atoms with Gasteiger partial charge in [-0.15, -0.1) is 0 Å². The molecule has 0 spiro atoms. The summed E-state index contributed by atoms with van der Waals surface area (Å²) in [6, 6.07) is 6.62. The molecule has 1 fully saturated rings.